The van der Waals surface area contributed by atoms with Gasteiger partial charge >= 0.3 is 0 Å². The zero-order valence-corrected chi connectivity index (χ0v) is 11.5. The van der Waals surface area contributed by atoms with Crippen molar-refractivity contribution in [2.24, 2.45) is 0 Å². The van der Waals surface area contributed by atoms with Gasteiger partial charge in [-0.1, -0.05) is 36.2 Å². The average molecular weight is 287 g/mol. The van der Waals surface area contributed by atoms with Crippen molar-refractivity contribution in [2.45, 2.75) is 39.2 Å². The highest BCUT2D eigenvalue weighted by atomic mass is 79.9. The van der Waals surface area contributed by atoms with Crippen LogP contribution in [-0.4, -0.2) is 11.7 Å². The molecule has 0 fully saturated rings. The van der Waals surface area contributed by atoms with Gasteiger partial charge in [-0.25, -0.2) is 0 Å². The summed E-state index contributed by atoms with van der Waals surface area (Å²) in [5, 5.41) is 9.97. The Labute approximate surface area is 106 Å². The highest BCUT2D eigenvalue weighted by Gasteiger charge is 2.11. The molecule has 1 unspecified atom stereocenters. The summed E-state index contributed by atoms with van der Waals surface area (Å²) in [5.41, 5.74) is 0.912. The molecule has 2 nitrogen and oxygen atoms in total. The molecule has 0 aliphatic heterocycles. The van der Waals surface area contributed by atoms with Crippen molar-refractivity contribution in [2.75, 3.05) is 6.61 Å². The standard InChI is InChI=1S/C13H19BrO2/c1-3-5-13(15)11-9-10(16-8-4-2)6-7-12(11)14/h6-7,9,13,15H,3-5,8H2,1-2H3. The molecular weight excluding hydrogens is 268 g/mol. The minimum absolute atomic E-state index is 0.412. The Bertz CT molecular complexity index is 326. The maximum Gasteiger partial charge on any atom is 0.119 e. The summed E-state index contributed by atoms with van der Waals surface area (Å²) < 4.78 is 6.49. The fraction of sp³-hybridized carbons (Fsp3) is 0.538. The second-order valence-corrected chi connectivity index (χ2v) is 4.69. The molecule has 3 heteroatoms. The van der Waals surface area contributed by atoms with Gasteiger partial charge in [-0.2, -0.15) is 0 Å². The van der Waals surface area contributed by atoms with Gasteiger partial charge in [0.05, 0.1) is 12.7 Å². The first-order chi connectivity index (χ1) is 7.69. The van der Waals surface area contributed by atoms with Gasteiger partial charge in [-0.05, 0) is 36.6 Å². The zero-order valence-electron chi connectivity index (χ0n) is 9.87. The second-order valence-electron chi connectivity index (χ2n) is 3.84. The smallest absolute Gasteiger partial charge is 0.119 e. The summed E-state index contributed by atoms with van der Waals surface area (Å²) in [4.78, 5) is 0. The van der Waals surface area contributed by atoms with Crippen LogP contribution < -0.4 is 4.74 Å². The molecule has 0 saturated carbocycles. The van der Waals surface area contributed by atoms with Crippen LogP contribution >= 0.6 is 15.9 Å². The van der Waals surface area contributed by atoms with Gasteiger partial charge in [0.2, 0.25) is 0 Å². The number of aliphatic hydroxyl groups excluding tert-OH is 1. The molecule has 1 rings (SSSR count). The first-order valence-corrected chi connectivity index (χ1v) is 6.58. The molecule has 90 valence electrons. The molecule has 1 N–H and O–H groups in total. The van der Waals surface area contributed by atoms with E-state index >= 15 is 0 Å². The Hall–Kier alpha value is -0.540. The van der Waals surface area contributed by atoms with Crippen molar-refractivity contribution in [3.05, 3.63) is 28.2 Å². The maximum atomic E-state index is 9.97. The molecular formula is C13H19BrO2. The minimum atomic E-state index is -0.412. The normalized spacial score (nSPS) is 12.5. The molecule has 1 aromatic rings. The molecule has 0 amide bonds. The summed E-state index contributed by atoms with van der Waals surface area (Å²) in [7, 11) is 0. The van der Waals surface area contributed by atoms with Crippen LogP contribution in [0.2, 0.25) is 0 Å². The minimum Gasteiger partial charge on any atom is -0.494 e. The van der Waals surface area contributed by atoms with Crippen LogP contribution in [-0.2, 0) is 0 Å². The average Bonchev–Trinajstić information content (AvgIpc) is 2.28. The summed E-state index contributed by atoms with van der Waals surface area (Å²) in [6.07, 6.45) is 2.32. The highest BCUT2D eigenvalue weighted by Crippen LogP contribution is 2.30. The lowest BCUT2D eigenvalue weighted by Crippen LogP contribution is -2.00. The third-order valence-electron chi connectivity index (χ3n) is 2.36. The predicted octanol–water partition coefficient (Wildman–Crippen LogP) is 4.07. The van der Waals surface area contributed by atoms with E-state index in [0.717, 1.165) is 35.0 Å². The van der Waals surface area contributed by atoms with Crippen LogP contribution in [0.5, 0.6) is 5.75 Å². The molecule has 0 bridgehead atoms. The number of hydrogen-bond acceptors (Lipinski definition) is 2. The Balaban J connectivity index is 2.81. The van der Waals surface area contributed by atoms with E-state index in [1.165, 1.54) is 0 Å². The van der Waals surface area contributed by atoms with E-state index < -0.39 is 6.10 Å². The number of benzene rings is 1. The first kappa shape index (κ1) is 13.5. The van der Waals surface area contributed by atoms with E-state index in [0.29, 0.717) is 6.61 Å². The fourth-order valence-electron chi connectivity index (χ4n) is 1.52. The van der Waals surface area contributed by atoms with Crippen LogP contribution in [0.3, 0.4) is 0 Å². The van der Waals surface area contributed by atoms with Crippen LogP contribution in [0.1, 0.15) is 44.8 Å². The predicted molar refractivity (Wildman–Crippen MR) is 69.8 cm³/mol. The number of halogens is 1. The van der Waals surface area contributed by atoms with Crippen molar-refractivity contribution in [3.8, 4) is 5.75 Å². The van der Waals surface area contributed by atoms with Crippen molar-refractivity contribution in [1.29, 1.82) is 0 Å². The molecule has 0 aliphatic rings. The maximum absolute atomic E-state index is 9.97. The third kappa shape index (κ3) is 3.80. The Morgan fingerprint density at radius 3 is 2.69 bits per heavy atom. The van der Waals surface area contributed by atoms with Gasteiger partial charge in [0.1, 0.15) is 5.75 Å². The van der Waals surface area contributed by atoms with Crippen molar-refractivity contribution >= 4 is 15.9 Å². The van der Waals surface area contributed by atoms with Gasteiger partial charge in [0, 0.05) is 4.47 Å². The van der Waals surface area contributed by atoms with E-state index in [9.17, 15) is 5.11 Å². The van der Waals surface area contributed by atoms with Gasteiger partial charge < -0.3 is 9.84 Å². The molecule has 0 spiro atoms. The lowest BCUT2D eigenvalue weighted by atomic mass is 10.1. The van der Waals surface area contributed by atoms with Crippen molar-refractivity contribution < 1.29 is 9.84 Å². The van der Waals surface area contributed by atoms with Gasteiger partial charge in [0.25, 0.3) is 0 Å². The lowest BCUT2D eigenvalue weighted by Gasteiger charge is -2.14. The van der Waals surface area contributed by atoms with Crippen LogP contribution in [0, 0.1) is 0 Å². The number of hydrogen-bond donors (Lipinski definition) is 1. The number of ether oxygens (including phenoxy) is 1. The Morgan fingerprint density at radius 2 is 2.06 bits per heavy atom. The monoisotopic (exact) mass is 286 g/mol. The molecule has 1 atom stereocenters. The molecule has 1 aromatic carbocycles. The van der Waals surface area contributed by atoms with E-state index in [-0.39, 0.29) is 0 Å². The largest absolute Gasteiger partial charge is 0.494 e. The molecule has 0 radical (unpaired) electrons. The molecule has 0 aromatic heterocycles. The van der Waals surface area contributed by atoms with Gasteiger partial charge in [0.15, 0.2) is 0 Å². The zero-order chi connectivity index (χ0) is 12.0. The van der Waals surface area contributed by atoms with E-state index in [4.69, 9.17) is 4.74 Å². The summed E-state index contributed by atoms with van der Waals surface area (Å²) >= 11 is 3.45. The van der Waals surface area contributed by atoms with Gasteiger partial charge in [-0.15, -0.1) is 0 Å². The number of aliphatic hydroxyl groups is 1. The third-order valence-corrected chi connectivity index (χ3v) is 3.08. The van der Waals surface area contributed by atoms with Crippen molar-refractivity contribution in [1.82, 2.24) is 0 Å². The van der Waals surface area contributed by atoms with Crippen molar-refractivity contribution in [3.63, 3.8) is 0 Å². The Morgan fingerprint density at radius 1 is 1.31 bits per heavy atom. The summed E-state index contributed by atoms with van der Waals surface area (Å²) in [5.74, 6) is 0.829. The van der Waals surface area contributed by atoms with Crippen LogP contribution in [0.4, 0.5) is 0 Å². The quantitative estimate of drug-likeness (QED) is 0.854. The highest BCUT2D eigenvalue weighted by molar-refractivity contribution is 9.10. The van der Waals surface area contributed by atoms with Gasteiger partial charge in [-0.3, -0.25) is 0 Å². The summed E-state index contributed by atoms with van der Waals surface area (Å²) in [6, 6.07) is 5.77. The Kier molecular flexibility index (Phi) is 5.85. The topological polar surface area (TPSA) is 29.5 Å². The van der Waals surface area contributed by atoms with E-state index in [1.54, 1.807) is 0 Å². The molecule has 0 saturated heterocycles. The van der Waals surface area contributed by atoms with Crippen LogP contribution in [0.25, 0.3) is 0 Å². The molecule has 16 heavy (non-hydrogen) atoms. The summed E-state index contributed by atoms with van der Waals surface area (Å²) in [6.45, 7) is 4.85. The lowest BCUT2D eigenvalue weighted by molar-refractivity contribution is 0.165. The fourth-order valence-corrected chi connectivity index (χ4v) is 2.03. The molecule has 0 heterocycles. The van der Waals surface area contributed by atoms with E-state index in [1.807, 2.05) is 18.2 Å². The SMILES string of the molecule is CCCOc1ccc(Br)c(C(O)CCC)c1. The van der Waals surface area contributed by atoms with Crippen LogP contribution in [0.15, 0.2) is 22.7 Å². The first-order valence-electron chi connectivity index (χ1n) is 5.79. The second kappa shape index (κ2) is 6.92. The van der Waals surface area contributed by atoms with E-state index in [2.05, 4.69) is 29.8 Å². The molecule has 0 aliphatic carbocycles. The number of rotatable bonds is 6.